The number of ketones is 2. The van der Waals surface area contributed by atoms with E-state index in [-0.39, 0.29) is 89.8 Å². The standard InChI is InChI=1S/C45H41F3N4O7.C2H6/c1-3-15-52-21-30(52)43-18-27-17-28-32(37(53)31(27)41-44(43,58-41)40(54)33-29(19-43)59-50-42(33)56-23-25-12-8-5-9-13-25)39(55-22-24-10-6-4-7-11-24)35-34(38(28)57-45(46,47)48)36-26(20-49-35)14-16-51(36)2;1-2/h3-13,26-27,30,36,49H,1,14-23H2,2H3;1-2H3/t26?,27?,30?,36?,43-,44+,52?;/m0./s1. The summed E-state index contributed by atoms with van der Waals surface area (Å²) >= 11 is 0. The summed E-state index contributed by atoms with van der Waals surface area (Å²) in [4.78, 5) is 34.8. The zero-order valence-electron chi connectivity index (χ0n) is 34.3. The number of carbonyl (C=O) groups is 2. The van der Waals surface area contributed by atoms with Crippen LogP contribution in [0.5, 0.6) is 17.4 Å². The molecule has 0 saturated carbocycles. The Morgan fingerprint density at radius 1 is 1.00 bits per heavy atom. The summed E-state index contributed by atoms with van der Waals surface area (Å²) in [6, 6.07) is 18.3. The zero-order valence-corrected chi connectivity index (χ0v) is 34.3. The highest BCUT2D eigenvalue weighted by atomic mass is 19.4. The Labute approximate surface area is 351 Å². The second-order valence-corrected chi connectivity index (χ2v) is 16.9. The van der Waals surface area contributed by atoms with Gasteiger partial charge < -0.3 is 28.8 Å². The first kappa shape index (κ1) is 39.5. The highest BCUT2D eigenvalue weighted by Crippen LogP contribution is 2.72. The average Bonchev–Trinajstić information content (AvgIpc) is 4.13. The van der Waals surface area contributed by atoms with Crippen LogP contribution in [0.2, 0.25) is 0 Å². The lowest BCUT2D eigenvalue weighted by Gasteiger charge is -2.45. The van der Waals surface area contributed by atoms with Crippen molar-refractivity contribution >= 4 is 17.3 Å². The van der Waals surface area contributed by atoms with Crippen molar-refractivity contribution in [1.82, 2.24) is 15.0 Å². The van der Waals surface area contributed by atoms with Crippen molar-refractivity contribution in [2.75, 3.05) is 38.5 Å². The molecule has 5 unspecified atom stereocenters. The van der Waals surface area contributed by atoms with E-state index in [1.165, 1.54) is 0 Å². The summed E-state index contributed by atoms with van der Waals surface area (Å²) < 4.78 is 74.2. The molecule has 7 aliphatic rings. The van der Waals surface area contributed by atoms with Gasteiger partial charge in [0.05, 0.1) is 11.3 Å². The molecule has 1 aromatic heterocycles. The lowest BCUT2D eigenvalue weighted by atomic mass is 9.53. The molecule has 4 aliphatic heterocycles. The fraction of sp³-hybridized carbons (Fsp3) is 0.426. The van der Waals surface area contributed by atoms with E-state index in [4.69, 9.17) is 23.5 Å². The van der Waals surface area contributed by atoms with Crippen molar-refractivity contribution in [2.45, 2.75) is 76.8 Å². The highest BCUT2D eigenvalue weighted by Gasteiger charge is 2.82. The minimum Gasteiger partial charge on any atom is -0.486 e. The van der Waals surface area contributed by atoms with Gasteiger partial charge in [-0.05, 0) is 61.0 Å². The molecule has 14 heteroatoms. The molecule has 11 nitrogen and oxygen atoms in total. The van der Waals surface area contributed by atoms with Gasteiger partial charge in [0.1, 0.15) is 24.5 Å². The van der Waals surface area contributed by atoms with Crippen LogP contribution in [0.3, 0.4) is 0 Å². The number of halogens is 3. The predicted molar refractivity (Wildman–Crippen MR) is 218 cm³/mol. The van der Waals surface area contributed by atoms with Crippen LogP contribution in [0.15, 0.2) is 89.2 Å². The van der Waals surface area contributed by atoms with Crippen LogP contribution in [0, 0.1) is 17.3 Å². The summed E-state index contributed by atoms with van der Waals surface area (Å²) in [7, 11) is 1.91. The number of allylic oxidation sites excluding steroid dienone is 1. The van der Waals surface area contributed by atoms with Crippen molar-refractivity contribution < 1.29 is 46.2 Å². The van der Waals surface area contributed by atoms with Gasteiger partial charge >= 0.3 is 6.36 Å². The number of epoxide rings is 1. The quantitative estimate of drug-likeness (QED) is 0.123. The fourth-order valence-corrected chi connectivity index (χ4v) is 11.2. The number of alkyl halides is 3. The van der Waals surface area contributed by atoms with Gasteiger partial charge in [-0.1, -0.05) is 80.6 Å². The molecule has 3 aromatic carbocycles. The van der Waals surface area contributed by atoms with Gasteiger partial charge in [0, 0.05) is 60.3 Å². The zero-order chi connectivity index (χ0) is 42.4. The van der Waals surface area contributed by atoms with E-state index in [2.05, 4.69) is 26.9 Å². The van der Waals surface area contributed by atoms with Gasteiger partial charge in [-0.15, -0.1) is 19.8 Å². The first-order chi connectivity index (χ1) is 29.5. The molecular weight excluding hydrogens is 790 g/mol. The summed E-state index contributed by atoms with van der Waals surface area (Å²) in [5, 5.41) is 7.60. The van der Waals surface area contributed by atoms with Crippen LogP contribution in [0.25, 0.3) is 0 Å². The lowest BCUT2D eigenvalue weighted by Crippen LogP contribution is -2.57. The second kappa shape index (κ2) is 14.5. The Morgan fingerprint density at radius 3 is 2.39 bits per heavy atom. The van der Waals surface area contributed by atoms with Gasteiger partial charge in [-0.25, -0.2) is 0 Å². The van der Waals surface area contributed by atoms with Crippen molar-refractivity contribution in [3.8, 4) is 17.4 Å². The Balaban J connectivity index is 0.00000220. The first-order valence-electron chi connectivity index (χ1n) is 21.2. The number of aromatic nitrogens is 1. The third-order valence-corrected chi connectivity index (χ3v) is 13.7. The van der Waals surface area contributed by atoms with Crippen molar-refractivity contribution in [3.05, 3.63) is 124 Å². The van der Waals surface area contributed by atoms with Gasteiger partial charge in [-0.3, -0.25) is 19.4 Å². The Morgan fingerprint density at radius 2 is 1.70 bits per heavy atom. The van der Waals surface area contributed by atoms with Crippen LogP contribution >= 0.6 is 0 Å². The highest BCUT2D eigenvalue weighted by molar-refractivity contribution is 6.19. The van der Waals surface area contributed by atoms with Gasteiger partial charge in [-0.2, -0.15) is 0 Å². The third kappa shape index (κ3) is 6.03. The van der Waals surface area contributed by atoms with Crippen molar-refractivity contribution in [1.29, 1.82) is 0 Å². The number of nitrogens with zero attached hydrogens (tertiary/aromatic N) is 3. The molecule has 3 aliphatic carbocycles. The number of ether oxygens (including phenoxy) is 4. The summed E-state index contributed by atoms with van der Waals surface area (Å²) in [6.45, 7) is 10.5. The molecule has 5 heterocycles. The molecule has 0 bridgehead atoms. The molecule has 4 aromatic rings. The number of rotatable bonds is 10. The maximum atomic E-state index is 15.4. The number of Topliss-reactive ketones (excluding diaryl/α,β-unsaturated/α-hetero) is 2. The first-order valence-corrected chi connectivity index (χ1v) is 21.2. The van der Waals surface area contributed by atoms with E-state index in [9.17, 15) is 13.2 Å². The SMILES string of the molecule is C=CCN1CC1[C@]12Cc3onc(OCc4ccccc4)c3C(=O)[C@]13OC3=C1C(=O)c3c(c(OC(F)(F)F)c4c(c3OCc3ccccc3)NCC3CCN(C)C43)CC1C2.CC. The van der Waals surface area contributed by atoms with Crippen LogP contribution in [0.4, 0.5) is 18.9 Å². The Bertz CT molecular complexity index is 2470. The number of hydrogen-bond donors (Lipinski definition) is 1. The number of benzene rings is 3. The van der Waals surface area contributed by atoms with E-state index in [0.29, 0.717) is 43.2 Å². The monoisotopic (exact) mass is 836 g/mol. The Hall–Kier alpha value is -5.60. The van der Waals surface area contributed by atoms with Gasteiger partial charge in [0.15, 0.2) is 23.1 Å². The smallest absolute Gasteiger partial charge is 0.486 e. The van der Waals surface area contributed by atoms with E-state index < -0.39 is 40.9 Å². The van der Waals surface area contributed by atoms with E-state index in [1.54, 1.807) is 6.08 Å². The molecule has 61 heavy (non-hydrogen) atoms. The number of likely N-dealkylation sites (tertiary alicyclic amines) is 1. The average molecular weight is 837 g/mol. The number of anilines is 1. The molecule has 318 valence electrons. The number of nitrogens with one attached hydrogen (secondary N) is 1. The molecule has 0 amide bonds. The molecule has 1 N–H and O–H groups in total. The molecule has 11 rings (SSSR count). The van der Waals surface area contributed by atoms with Gasteiger partial charge in [0.25, 0.3) is 5.88 Å². The van der Waals surface area contributed by atoms with Crippen molar-refractivity contribution in [3.63, 3.8) is 0 Å². The normalized spacial score (nSPS) is 28.8. The summed E-state index contributed by atoms with van der Waals surface area (Å²) in [5.74, 6) is -0.977. The van der Waals surface area contributed by atoms with Crippen LogP contribution in [-0.4, -0.2) is 77.8 Å². The second-order valence-electron chi connectivity index (χ2n) is 16.9. The maximum Gasteiger partial charge on any atom is 0.573 e. The third-order valence-electron chi connectivity index (χ3n) is 13.7. The van der Waals surface area contributed by atoms with E-state index in [1.807, 2.05) is 81.6 Å². The number of fused-ring (bicyclic) bond motifs is 6. The fourth-order valence-electron chi connectivity index (χ4n) is 11.2. The molecule has 3 fully saturated rings. The van der Waals surface area contributed by atoms with Crippen LogP contribution in [-0.2, 0) is 30.8 Å². The molecular formula is C47H47F3N4O7. The Kier molecular flexibility index (Phi) is 9.40. The molecule has 1 spiro atoms. The molecule has 0 radical (unpaired) electrons. The number of hydrogen-bond acceptors (Lipinski definition) is 11. The summed E-state index contributed by atoms with van der Waals surface area (Å²) in [6.07, 6.45) is -1.89. The minimum atomic E-state index is -5.04. The van der Waals surface area contributed by atoms with Crippen LogP contribution in [0.1, 0.15) is 81.5 Å². The lowest BCUT2D eigenvalue weighted by molar-refractivity contribution is -0.275. The molecule has 7 atom stereocenters. The van der Waals surface area contributed by atoms with Crippen LogP contribution < -0.4 is 19.5 Å². The number of carbonyl (C=O) groups excluding carboxylic acids is 2. The van der Waals surface area contributed by atoms with Crippen molar-refractivity contribution in [2.24, 2.45) is 17.3 Å². The van der Waals surface area contributed by atoms with E-state index in [0.717, 1.165) is 17.5 Å². The van der Waals surface area contributed by atoms with Gasteiger partial charge in [0.2, 0.25) is 11.4 Å². The largest absolute Gasteiger partial charge is 0.573 e. The van der Waals surface area contributed by atoms with E-state index >= 15 is 9.59 Å². The summed E-state index contributed by atoms with van der Waals surface area (Å²) in [5.41, 5.74) is 0.586. The maximum absolute atomic E-state index is 15.4. The topological polar surface area (TPSA) is 119 Å². The predicted octanol–water partition coefficient (Wildman–Crippen LogP) is 8.25. The molecule has 3 saturated heterocycles. The minimum absolute atomic E-state index is 0.00273.